The molecule has 6 nitrogen and oxygen atoms in total. The van der Waals surface area contributed by atoms with Crippen LogP contribution in [-0.4, -0.2) is 24.9 Å². The highest BCUT2D eigenvalue weighted by atomic mass is 32.1. The van der Waals surface area contributed by atoms with Gasteiger partial charge in [-0.2, -0.15) is 0 Å². The molecule has 0 unspecified atom stereocenters. The Hall–Kier alpha value is -8.13. The number of aromatic nitrogens is 5. The van der Waals surface area contributed by atoms with Crippen molar-refractivity contribution in [2.45, 2.75) is 0 Å². The van der Waals surface area contributed by atoms with E-state index in [9.17, 15) is 0 Å². The van der Waals surface area contributed by atoms with Gasteiger partial charge in [-0.05, 0) is 46.5 Å². The predicted molar refractivity (Wildman–Crippen MR) is 254 cm³/mol. The van der Waals surface area contributed by atoms with Crippen LogP contribution < -0.4 is 0 Å². The van der Waals surface area contributed by atoms with Gasteiger partial charge in [0.1, 0.15) is 11.2 Å². The van der Waals surface area contributed by atoms with Gasteiger partial charge in [0.25, 0.3) is 0 Å². The third-order valence-corrected chi connectivity index (χ3v) is 12.5. The first kappa shape index (κ1) is 35.8. The number of hydrogen-bond donors (Lipinski definition) is 0. The molecule has 8 aromatic carbocycles. The standard InChI is InChI=1S/C55H33N5OS/c1-4-15-34(16-5-1)39-21-12-22-40(33-39)54-58-53(37-19-8-3-9-20-37)59-55(60-54)43-25-14-27-45-48(43)47-41(24-13-26-44(47)61-45)35-29-31-38(32-30-35)52-56-49(36-17-6-2-7-18-36)51-50(57-52)42-23-10-11-28-46(42)62-51/h1-33H. The van der Waals surface area contributed by atoms with Crippen molar-refractivity contribution in [3.63, 3.8) is 0 Å². The van der Waals surface area contributed by atoms with Crippen LogP contribution in [0.15, 0.2) is 205 Å². The fraction of sp³-hybridized carbons (Fsp3) is 0. The summed E-state index contributed by atoms with van der Waals surface area (Å²) in [5.74, 6) is 2.45. The minimum Gasteiger partial charge on any atom is -0.456 e. The summed E-state index contributed by atoms with van der Waals surface area (Å²) in [5, 5.41) is 3.08. The Morgan fingerprint density at radius 2 is 0.855 bits per heavy atom. The second kappa shape index (κ2) is 14.9. The van der Waals surface area contributed by atoms with Gasteiger partial charge < -0.3 is 4.42 Å². The zero-order chi connectivity index (χ0) is 41.0. The number of rotatable bonds is 7. The van der Waals surface area contributed by atoms with Crippen LogP contribution in [0.4, 0.5) is 0 Å². The lowest BCUT2D eigenvalue weighted by atomic mass is 9.96. The Bertz CT molecular complexity index is 3620. The Morgan fingerprint density at radius 1 is 0.339 bits per heavy atom. The van der Waals surface area contributed by atoms with E-state index in [0.29, 0.717) is 23.3 Å². The maximum Gasteiger partial charge on any atom is 0.164 e. The Labute approximate surface area is 360 Å². The van der Waals surface area contributed by atoms with E-state index in [0.717, 1.165) is 93.3 Å². The molecule has 0 atom stereocenters. The highest BCUT2D eigenvalue weighted by Gasteiger charge is 2.21. The van der Waals surface area contributed by atoms with Gasteiger partial charge in [0, 0.05) is 48.7 Å². The molecule has 290 valence electrons. The molecule has 0 fully saturated rings. The summed E-state index contributed by atoms with van der Waals surface area (Å²) in [5.41, 5.74) is 12.5. The van der Waals surface area contributed by atoms with E-state index in [1.807, 2.05) is 66.7 Å². The summed E-state index contributed by atoms with van der Waals surface area (Å²) >= 11 is 1.74. The monoisotopic (exact) mass is 811 g/mol. The topological polar surface area (TPSA) is 77.6 Å². The van der Waals surface area contributed by atoms with Crippen LogP contribution in [0.1, 0.15) is 0 Å². The summed E-state index contributed by atoms with van der Waals surface area (Å²) < 4.78 is 8.89. The molecule has 0 saturated carbocycles. The van der Waals surface area contributed by atoms with E-state index in [-0.39, 0.29) is 0 Å². The van der Waals surface area contributed by atoms with E-state index in [1.54, 1.807) is 11.3 Å². The van der Waals surface area contributed by atoms with Gasteiger partial charge in [0.2, 0.25) is 0 Å². The van der Waals surface area contributed by atoms with E-state index in [2.05, 4.69) is 133 Å². The lowest BCUT2D eigenvalue weighted by Gasteiger charge is -2.11. The number of fused-ring (bicyclic) bond motifs is 6. The quantitative estimate of drug-likeness (QED) is 0.160. The minimum atomic E-state index is 0.570. The molecule has 0 aliphatic carbocycles. The maximum absolute atomic E-state index is 6.60. The number of nitrogens with zero attached hydrogens (tertiary/aromatic N) is 5. The lowest BCUT2D eigenvalue weighted by Crippen LogP contribution is -2.00. The molecule has 12 rings (SSSR count). The van der Waals surface area contributed by atoms with Crippen molar-refractivity contribution < 1.29 is 4.42 Å². The molecular formula is C55H33N5OS. The molecule has 0 spiro atoms. The zero-order valence-corrected chi connectivity index (χ0v) is 33.9. The summed E-state index contributed by atoms with van der Waals surface area (Å²) in [6.45, 7) is 0. The fourth-order valence-corrected chi connectivity index (χ4v) is 9.57. The predicted octanol–water partition coefficient (Wildman–Crippen LogP) is 14.6. The normalized spacial score (nSPS) is 11.5. The molecule has 0 amide bonds. The van der Waals surface area contributed by atoms with Crippen molar-refractivity contribution in [3.8, 4) is 79.1 Å². The molecule has 0 saturated heterocycles. The van der Waals surface area contributed by atoms with Crippen LogP contribution in [0.25, 0.3) is 121 Å². The van der Waals surface area contributed by atoms with Crippen molar-refractivity contribution in [1.82, 2.24) is 24.9 Å². The number of benzene rings is 8. The van der Waals surface area contributed by atoms with Crippen LogP contribution in [0, 0.1) is 0 Å². The van der Waals surface area contributed by atoms with Crippen molar-refractivity contribution in [3.05, 3.63) is 200 Å². The van der Waals surface area contributed by atoms with Crippen molar-refractivity contribution in [1.29, 1.82) is 0 Å². The number of furan rings is 1. The third-order valence-electron chi connectivity index (χ3n) is 11.4. The third kappa shape index (κ3) is 6.22. The molecule has 12 aromatic rings. The number of hydrogen-bond acceptors (Lipinski definition) is 7. The SMILES string of the molecule is c1ccc(-c2cccc(-c3nc(-c4ccccc4)nc(-c4cccc5oc6cccc(-c7ccc(-c8nc(-c9ccccc9)c9sc%10ccccc%10c9n8)cc7)c6c45)n3)c2)cc1. The van der Waals surface area contributed by atoms with Gasteiger partial charge >= 0.3 is 0 Å². The molecule has 0 bridgehead atoms. The zero-order valence-electron chi connectivity index (χ0n) is 33.1. The van der Waals surface area contributed by atoms with Gasteiger partial charge in [-0.15, -0.1) is 11.3 Å². The van der Waals surface area contributed by atoms with Crippen molar-refractivity contribution in [2.24, 2.45) is 0 Å². The first-order valence-corrected chi connectivity index (χ1v) is 21.3. The largest absolute Gasteiger partial charge is 0.456 e. The van der Waals surface area contributed by atoms with E-state index < -0.39 is 0 Å². The summed E-state index contributed by atoms with van der Waals surface area (Å²) in [7, 11) is 0. The van der Waals surface area contributed by atoms with Crippen molar-refractivity contribution in [2.75, 3.05) is 0 Å². The summed E-state index contributed by atoms with van der Waals surface area (Å²) in [4.78, 5) is 25.8. The molecule has 62 heavy (non-hydrogen) atoms. The number of thiophene rings is 1. The smallest absolute Gasteiger partial charge is 0.164 e. The molecule has 0 N–H and O–H groups in total. The fourth-order valence-electron chi connectivity index (χ4n) is 8.41. The second-order valence-electron chi connectivity index (χ2n) is 15.2. The van der Waals surface area contributed by atoms with E-state index in [4.69, 9.17) is 29.3 Å². The molecule has 4 aromatic heterocycles. The van der Waals surface area contributed by atoms with Crippen LogP contribution in [0.2, 0.25) is 0 Å². The molecule has 0 aliphatic rings. The first-order chi connectivity index (χ1) is 30.7. The minimum absolute atomic E-state index is 0.570. The lowest BCUT2D eigenvalue weighted by molar-refractivity contribution is 0.669. The molecule has 0 aliphatic heterocycles. The Morgan fingerprint density at radius 3 is 1.60 bits per heavy atom. The second-order valence-corrected chi connectivity index (χ2v) is 16.2. The average molecular weight is 812 g/mol. The highest BCUT2D eigenvalue weighted by Crippen LogP contribution is 2.43. The van der Waals surface area contributed by atoms with Gasteiger partial charge in [-0.25, -0.2) is 24.9 Å². The molecular weight excluding hydrogens is 779 g/mol. The van der Waals surface area contributed by atoms with Crippen LogP contribution >= 0.6 is 11.3 Å². The molecule has 4 heterocycles. The summed E-state index contributed by atoms with van der Waals surface area (Å²) in [6, 6.07) is 68.6. The Balaban J connectivity index is 1.00. The van der Waals surface area contributed by atoms with Gasteiger partial charge in [0.05, 0.1) is 15.9 Å². The summed E-state index contributed by atoms with van der Waals surface area (Å²) in [6.07, 6.45) is 0. The van der Waals surface area contributed by atoms with Gasteiger partial charge in [-0.3, -0.25) is 0 Å². The van der Waals surface area contributed by atoms with Gasteiger partial charge in [0.15, 0.2) is 23.3 Å². The van der Waals surface area contributed by atoms with Crippen LogP contribution in [-0.2, 0) is 0 Å². The molecule has 0 radical (unpaired) electrons. The highest BCUT2D eigenvalue weighted by molar-refractivity contribution is 7.26. The van der Waals surface area contributed by atoms with E-state index >= 15 is 0 Å². The van der Waals surface area contributed by atoms with Gasteiger partial charge in [-0.1, -0.05) is 176 Å². The van der Waals surface area contributed by atoms with Crippen LogP contribution in [0.3, 0.4) is 0 Å². The Kier molecular flexibility index (Phi) is 8.57. The average Bonchev–Trinajstić information content (AvgIpc) is 3.93. The molecule has 7 heteroatoms. The van der Waals surface area contributed by atoms with Crippen molar-refractivity contribution >= 4 is 53.6 Å². The van der Waals surface area contributed by atoms with Crippen LogP contribution in [0.5, 0.6) is 0 Å². The maximum atomic E-state index is 6.60. The van der Waals surface area contributed by atoms with E-state index in [1.165, 1.54) is 4.70 Å². The first-order valence-electron chi connectivity index (χ1n) is 20.5.